The predicted molar refractivity (Wildman–Crippen MR) is 87.0 cm³/mol. The fraction of sp³-hybridized carbons (Fsp3) is 1.00. The summed E-state index contributed by atoms with van der Waals surface area (Å²) in [6, 6.07) is 1.16. The molecule has 3 nitrogen and oxygen atoms in total. The topological polar surface area (TPSA) is 35.5 Å². The fourth-order valence-electron chi connectivity index (χ4n) is 3.46. The van der Waals surface area contributed by atoms with Crippen molar-refractivity contribution in [1.29, 1.82) is 0 Å². The maximum Gasteiger partial charge on any atom is 0.0610 e. The molecule has 1 aliphatic rings. The average Bonchev–Trinajstić information content (AvgIpc) is 2.38. The van der Waals surface area contributed by atoms with Gasteiger partial charge in [-0.3, -0.25) is 0 Å². The van der Waals surface area contributed by atoms with E-state index in [1.54, 1.807) is 0 Å². The van der Waals surface area contributed by atoms with E-state index in [9.17, 15) is 5.11 Å². The number of aliphatic hydroxyl groups excluding tert-OH is 1. The smallest absolute Gasteiger partial charge is 0.0610 e. The van der Waals surface area contributed by atoms with Crippen LogP contribution in [0.5, 0.6) is 0 Å². The van der Waals surface area contributed by atoms with E-state index in [0.29, 0.717) is 6.04 Å². The highest BCUT2D eigenvalue weighted by molar-refractivity contribution is 4.84. The minimum absolute atomic E-state index is 0.116. The molecule has 0 amide bonds. The Labute approximate surface area is 126 Å². The van der Waals surface area contributed by atoms with Crippen LogP contribution in [-0.2, 0) is 0 Å². The molecular weight excluding hydrogens is 248 g/mol. The monoisotopic (exact) mass is 284 g/mol. The third-order valence-corrected chi connectivity index (χ3v) is 4.91. The van der Waals surface area contributed by atoms with E-state index in [4.69, 9.17) is 0 Å². The highest BCUT2D eigenvalue weighted by Crippen LogP contribution is 2.23. The lowest BCUT2D eigenvalue weighted by Crippen LogP contribution is -2.49. The summed E-state index contributed by atoms with van der Waals surface area (Å²) < 4.78 is 0. The Morgan fingerprint density at radius 1 is 1.30 bits per heavy atom. The minimum atomic E-state index is -0.116. The third kappa shape index (κ3) is 5.71. The van der Waals surface area contributed by atoms with Gasteiger partial charge in [-0.15, -0.1) is 0 Å². The van der Waals surface area contributed by atoms with Gasteiger partial charge in [-0.25, -0.2) is 0 Å². The van der Waals surface area contributed by atoms with Crippen LogP contribution in [0, 0.1) is 5.92 Å². The molecule has 1 heterocycles. The van der Waals surface area contributed by atoms with Crippen molar-refractivity contribution in [3.05, 3.63) is 0 Å². The van der Waals surface area contributed by atoms with Crippen LogP contribution in [0.15, 0.2) is 0 Å². The number of nitrogens with one attached hydrogen (secondary N) is 1. The molecule has 1 aliphatic heterocycles. The standard InChI is InChI=1S/C17H36N2O/c1-14(2)18-17(5,13-20)10-6-7-11-19-12-8-9-15(3)16(19)4/h14-16,18,20H,6-13H2,1-5H3. The van der Waals surface area contributed by atoms with Gasteiger partial charge >= 0.3 is 0 Å². The van der Waals surface area contributed by atoms with Crippen molar-refractivity contribution in [2.24, 2.45) is 5.92 Å². The molecule has 120 valence electrons. The largest absolute Gasteiger partial charge is 0.394 e. The van der Waals surface area contributed by atoms with Crippen LogP contribution < -0.4 is 5.32 Å². The SMILES string of the molecule is CC(C)NC(C)(CO)CCCCN1CCCC(C)C1C. The second-order valence-corrected chi connectivity index (χ2v) is 7.37. The first-order chi connectivity index (χ1) is 9.38. The molecule has 2 N–H and O–H groups in total. The first kappa shape index (κ1) is 17.9. The fourth-order valence-corrected chi connectivity index (χ4v) is 3.46. The highest BCUT2D eigenvalue weighted by Gasteiger charge is 2.25. The van der Waals surface area contributed by atoms with Gasteiger partial charge < -0.3 is 15.3 Å². The highest BCUT2D eigenvalue weighted by atomic mass is 16.3. The molecule has 0 aromatic heterocycles. The van der Waals surface area contributed by atoms with Gasteiger partial charge in [0.1, 0.15) is 0 Å². The number of piperidine rings is 1. The zero-order valence-electron chi connectivity index (χ0n) is 14.3. The first-order valence-electron chi connectivity index (χ1n) is 8.50. The lowest BCUT2D eigenvalue weighted by molar-refractivity contribution is 0.108. The Bertz CT molecular complexity index is 270. The number of nitrogens with zero attached hydrogens (tertiary/aromatic N) is 1. The molecule has 0 bridgehead atoms. The van der Waals surface area contributed by atoms with Crippen molar-refractivity contribution in [3.63, 3.8) is 0 Å². The summed E-state index contributed by atoms with van der Waals surface area (Å²) in [5.74, 6) is 0.842. The van der Waals surface area contributed by atoms with E-state index in [-0.39, 0.29) is 12.1 Å². The average molecular weight is 284 g/mol. The molecule has 20 heavy (non-hydrogen) atoms. The van der Waals surface area contributed by atoms with Gasteiger partial charge in [0.2, 0.25) is 0 Å². The van der Waals surface area contributed by atoms with Gasteiger partial charge in [0.05, 0.1) is 6.61 Å². The summed E-state index contributed by atoms with van der Waals surface area (Å²) in [5.41, 5.74) is -0.116. The van der Waals surface area contributed by atoms with Crippen molar-refractivity contribution in [2.75, 3.05) is 19.7 Å². The summed E-state index contributed by atoms with van der Waals surface area (Å²) in [4.78, 5) is 2.65. The maximum absolute atomic E-state index is 9.59. The molecule has 3 heteroatoms. The summed E-state index contributed by atoms with van der Waals surface area (Å²) in [6.07, 6.45) is 6.23. The summed E-state index contributed by atoms with van der Waals surface area (Å²) >= 11 is 0. The minimum Gasteiger partial charge on any atom is -0.394 e. The van der Waals surface area contributed by atoms with Crippen molar-refractivity contribution in [2.45, 2.75) is 84.3 Å². The lowest BCUT2D eigenvalue weighted by atomic mass is 9.91. The zero-order chi connectivity index (χ0) is 15.2. The molecule has 1 fully saturated rings. The maximum atomic E-state index is 9.59. The summed E-state index contributed by atoms with van der Waals surface area (Å²) in [7, 11) is 0. The molecule has 0 spiro atoms. The molecular formula is C17H36N2O. The number of hydrogen-bond donors (Lipinski definition) is 2. The van der Waals surface area contributed by atoms with Crippen molar-refractivity contribution < 1.29 is 5.11 Å². The Balaban J connectivity index is 2.26. The van der Waals surface area contributed by atoms with Gasteiger partial charge in [0, 0.05) is 17.6 Å². The number of unbranched alkanes of at least 4 members (excludes halogenated alkanes) is 1. The molecule has 0 radical (unpaired) electrons. The quantitative estimate of drug-likeness (QED) is 0.673. The van der Waals surface area contributed by atoms with Crippen LogP contribution in [0.25, 0.3) is 0 Å². The molecule has 1 rings (SSSR count). The van der Waals surface area contributed by atoms with Crippen LogP contribution in [0.1, 0.15) is 66.7 Å². The molecule has 0 aliphatic carbocycles. The Kier molecular flexibility index (Phi) is 7.49. The Morgan fingerprint density at radius 3 is 2.60 bits per heavy atom. The van der Waals surface area contributed by atoms with Gasteiger partial charge in [0.15, 0.2) is 0 Å². The van der Waals surface area contributed by atoms with Crippen LogP contribution in [-0.4, -0.2) is 47.3 Å². The van der Waals surface area contributed by atoms with Gasteiger partial charge in [-0.1, -0.05) is 27.2 Å². The van der Waals surface area contributed by atoms with E-state index in [2.05, 4.69) is 44.8 Å². The van der Waals surface area contributed by atoms with Crippen molar-refractivity contribution in [3.8, 4) is 0 Å². The van der Waals surface area contributed by atoms with Crippen LogP contribution in [0.2, 0.25) is 0 Å². The molecule has 1 saturated heterocycles. The van der Waals surface area contributed by atoms with Crippen molar-refractivity contribution in [1.82, 2.24) is 10.2 Å². The van der Waals surface area contributed by atoms with Crippen LogP contribution >= 0.6 is 0 Å². The number of hydrogen-bond acceptors (Lipinski definition) is 3. The second-order valence-electron chi connectivity index (χ2n) is 7.37. The normalized spacial score (nSPS) is 27.8. The second kappa shape index (κ2) is 8.35. The van der Waals surface area contributed by atoms with Gasteiger partial charge in [0.25, 0.3) is 0 Å². The van der Waals surface area contributed by atoms with Gasteiger partial charge in [-0.2, -0.15) is 0 Å². The third-order valence-electron chi connectivity index (χ3n) is 4.91. The van der Waals surface area contributed by atoms with E-state index < -0.39 is 0 Å². The van der Waals surface area contributed by atoms with E-state index >= 15 is 0 Å². The predicted octanol–water partition coefficient (Wildman–Crippen LogP) is 3.03. The van der Waals surface area contributed by atoms with Crippen LogP contribution in [0.3, 0.4) is 0 Å². The lowest BCUT2D eigenvalue weighted by Gasteiger charge is -2.38. The molecule has 0 saturated carbocycles. The molecule has 3 atom stereocenters. The number of rotatable bonds is 8. The zero-order valence-corrected chi connectivity index (χ0v) is 14.3. The first-order valence-corrected chi connectivity index (χ1v) is 8.50. The van der Waals surface area contributed by atoms with E-state index in [1.807, 2.05) is 0 Å². The summed E-state index contributed by atoms with van der Waals surface area (Å²) in [5, 5.41) is 13.1. The van der Waals surface area contributed by atoms with Gasteiger partial charge in [-0.05, 0) is 58.5 Å². The Morgan fingerprint density at radius 2 is 2.00 bits per heavy atom. The molecule has 0 aromatic carbocycles. The van der Waals surface area contributed by atoms with Crippen LogP contribution in [0.4, 0.5) is 0 Å². The van der Waals surface area contributed by atoms with Crippen molar-refractivity contribution >= 4 is 0 Å². The summed E-state index contributed by atoms with van der Waals surface area (Å²) in [6.45, 7) is 13.9. The van der Waals surface area contributed by atoms with E-state index in [1.165, 1.54) is 38.8 Å². The molecule has 3 unspecified atom stereocenters. The number of aliphatic hydroxyl groups is 1. The van der Waals surface area contributed by atoms with E-state index in [0.717, 1.165) is 18.4 Å². The number of likely N-dealkylation sites (tertiary alicyclic amines) is 1. The Hall–Kier alpha value is -0.120. The molecule has 0 aromatic rings.